The summed E-state index contributed by atoms with van der Waals surface area (Å²) < 4.78 is 5.21. The van der Waals surface area contributed by atoms with Gasteiger partial charge in [-0.15, -0.1) is 0 Å². The lowest BCUT2D eigenvalue weighted by Gasteiger charge is -2.36. The molecule has 0 radical (unpaired) electrons. The molecule has 22 heavy (non-hydrogen) atoms. The van der Waals surface area contributed by atoms with Crippen LogP contribution in [0, 0.1) is 5.41 Å². The van der Waals surface area contributed by atoms with Gasteiger partial charge in [0.15, 0.2) is 0 Å². The number of hydrogen-bond acceptors (Lipinski definition) is 3. The van der Waals surface area contributed by atoms with Gasteiger partial charge in [-0.25, -0.2) is 4.79 Å². The van der Waals surface area contributed by atoms with Gasteiger partial charge >= 0.3 is 6.03 Å². The lowest BCUT2D eigenvalue weighted by molar-refractivity contribution is -0.134. The van der Waals surface area contributed by atoms with Crippen molar-refractivity contribution < 1.29 is 14.3 Å². The van der Waals surface area contributed by atoms with Gasteiger partial charge in [-0.3, -0.25) is 4.79 Å². The van der Waals surface area contributed by atoms with E-state index in [2.05, 4.69) is 17.6 Å². The predicted molar refractivity (Wildman–Crippen MR) is 84.6 cm³/mol. The van der Waals surface area contributed by atoms with Crippen LogP contribution in [0.4, 0.5) is 4.79 Å². The molecule has 0 aromatic heterocycles. The Hall–Kier alpha value is -1.30. The van der Waals surface area contributed by atoms with Crippen molar-refractivity contribution in [3.8, 4) is 0 Å². The first-order valence-corrected chi connectivity index (χ1v) is 8.52. The third-order valence-corrected chi connectivity index (χ3v) is 5.05. The van der Waals surface area contributed by atoms with E-state index in [-0.39, 0.29) is 23.9 Å². The Morgan fingerprint density at radius 3 is 2.41 bits per heavy atom. The number of ether oxygens (including phenoxy) is 1. The number of carbonyl (C=O) groups excluding carboxylic acids is 2. The van der Waals surface area contributed by atoms with Crippen molar-refractivity contribution in [3.63, 3.8) is 0 Å². The second-order valence-corrected chi connectivity index (χ2v) is 6.44. The maximum absolute atomic E-state index is 12.0. The summed E-state index contributed by atoms with van der Waals surface area (Å²) in [6.07, 6.45) is 7.30. The van der Waals surface area contributed by atoms with Gasteiger partial charge in [-0.2, -0.15) is 0 Å². The van der Waals surface area contributed by atoms with Crippen LogP contribution in [-0.4, -0.2) is 56.2 Å². The average molecular weight is 311 g/mol. The summed E-state index contributed by atoms with van der Waals surface area (Å²) in [5.41, 5.74) is 0.254. The fraction of sp³-hybridized carbons (Fsp3) is 0.875. The molecule has 1 aliphatic carbocycles. The first-order chi connectivity index (χ1) is 10.7. The molecule has 1 saturated heterocycles. The number of nitrogens with zero attached hydrogens (tertiary/aromatic N) is 1. The van der Waals surface area contributed by atoms with E-state index < -0.39 is 0 Å². The molecule has 2 N–H and O–H groups in total. The minimum Gasteiger partial charge on any atom is -0.378 e. The number of carbonyl (C=O) groups is 2. The Bertz CT molecular complexity index is 375. The molecule has 0 aromatic rings. The highest BCUT2D eigenvalue weighted by molar-refractivity contribution is 5.84. The molecule has 126 valence electrons. The van der Waals surface area contributed by atoms with E-state index in [0.717, 1.165) is 6.42 Å². The van der Waals surface area contributed by atoms with Crippen LogP contribution in [0.1, 0.15) is 45.4 Å². The molecule has 0 aromatic carbocycles. The molecule has 1 heterocycles. The fourth-order valence-corrected chi connectivity index (χ4v) is 3.37. The van der Waals surface area contributed by atoms with E-state index in [9.17, 15) is 9.59 Å². The highest BCUT2D eigenvalue weighted by atomic mass is 16.5. The number of rotatable bonds is 5. The van der Waals surface area contributed by atoms with Crippen LogP contribution in [0.5, 0.6) is 0 Å². The van der Waals surface area contributed by atoms with Crippen LogP contribution in [0.15, 0.2) is 0 Å². The SMILES string of the molecule is CCC1(CNC(=O)NCC(=O)N2CCOCC2)CCCCC1. The van der Waals surface area contributed by atoms with E-state index in [1.165, 1.54) is 32.1 Å². The number of hydrogen-bond donors (Lipinski definition) is 2. The summed E-state index contributed by atoms with van der Waals surface area (Å²) in [7, 11) is 0. The van der Waals surface area contributed by atoms with Crippen LogP contribution in [0.2, 0.25) is 0 Å². The molecule has 6 nitrogen and oxygen atoms in total. The van der Waals surface area contributed by atoms with Gasteiger partial charge in [0.05, 0.1) is 19.8 Å². The van der Waals surface area contributed by atoms with Gasteiger partial charge in [0.2, 0.25) is 5.91 Å². The predicted octanol–water partition coefficient (Wildman–Crippen LogP) is 1.50. The minimum absolute atomic E-state index is 0.0404. The second-order valence-electron chi connectivity index (χ2n) is 6.44. The van der Waals surface area contributed by atoms with Crippen molar-refractivity contribution in [1.29, 1.82) is 0 Å². The van der Waals surface area contributed by atoms with Crippen molar-refractivity contribution in [2.75, 3.05) is 39.4 Å². The molecule has 0 atom stereocenters. The van der Waals surface area contributed by atoms with Gasteiger partial charge in [0.1, 0.15) is 0 Å². The number of morpholine rings is 1. The molecule has 3 amide bonds. The van der Waals surface area contributed by atoms with Gasteiger partial charge in [0, 0.05) is 19.6 Å². The van der Waals surface area contributed by atoms with Crippen molar-refractivity contribution in [2.24, 2.45) is 5.41 Å². The Labute approximate surface area is 132 Å². The summed E-state index contributed by atoms with van der Waals surface area (Å²) in [4.78, 5) is 25.6. The molecule has 6 heteroatoms. The average Bonchev–Trinajstić information content (AvgIpc) is 2.59. The summed E-state index contributed by atoms with van der Waals surface area (Å²) in [5, 5.41) is 5.64. The van der Waals surface area contributed by atoms with Crippen molar-refractivity contribution in [1.82, 2.24) is 15.5 Å². The number of nitrogens with one attached hydrogen (secondary N) is 2. The standard InChI is InChI=1S/C16H29N3O3/c1-2-16(6-4-3-5-7-16)13-18-15(21)17-12-14(20)19-8-10-22-11-9-19/h2-13H2,1H3,(H2,17,18,21). The summed E-state index contributed by atoms with van der Waals surface area (Å²) in [6.45, 7) is 5.36. The summed E-state index contributed by atoms with van der Waals surface area (Å²) in [6, 6.07) is -0.236. The third kappa shape index (κ3) is 4.87. The molecular weight excluding hydrogens is 282 g/mol. The van der Waals surface area contributed by atoms with Crippen molar-refractivity contribution in [2.45, 2.75) is 45.4 Å². The smallest absolute Gasteiger partial charge is 0.315 e. The molecule has 0 bridgehead atoms. The summed E-state index contributed by atoms with van der Waals surface area (Å²) >= 11 is 0. The van der Waals surface area contributed by atoms with Crippen LogP contribution in [0.3, 0.4) is 0 Å². The zero-order valence-electron chi connectivity index (χ0n) is 13.7. The topological polar surface area (TPSA) is 70.7 Å². The second kappa shape index (κ2) is 8.36. The van der Waals surface area contributed by atoms with Crippen molar-refractivity contribution in [3.05, 3.63) is 0 Å². The van der Waals surface area contributed by atoms with Crippen LogP contribution >= 0.6 is 0 Å². The zero-order valence-corrected chi connectivity index (χ0v) is 13.7. The Kier molecular flexibility index (Phi) is 6.49. The largest absolute Gasteiger partial charge is 0.378 e. The van der Waals surface area contributed by atoms with E-state index in [1.807, 2.05) is 0 Å². The van der Waals surface area contributed by atoms with Gasteiger partial charge in [-0.05, 0) is 24.7 Å². The molecule has 1 saturated carbocycles. The first kappa shape index (κ1) is 17.1. The zero-order chi connectivity index (χ0) is 15.8. The number of urea groups is 1. The van der Waals surface area contributed by atoms with E-state index in [1.54, 1.807) is 4.90 Å². The van der Waals surface area contributed by atoms with Crippen LogP contribution in [0.25, 0.3) is 0 Å². The van der Waals surface area contributed by atoms with E-state index in [4.69, 9.17) is 4.74 Å². The molecule has 0 unspecified atom stereocenters. The molecule has 2 rings (SSSR count). The molecule has 0 spiro atoms. The molecule has 1 aliphatic heterocycles. The first-order valence-electron chi connectivity index (χ1n) is 8.52. The quantitative estimate of drug-likeness (QED) is 0.808. The Morgan fingerprint density at radius 1 is 1.09 bits per heavy atom. The highest BCUT2D eigenvalue weighted by Gasteiger charge is 2.30. The minimum atomic E-state index is -0.236. The van der Waals surface area contributed by atoms with Crippen molar-refractivity contribution >= 4 is 11.9 Å². The van der Waals surface area contributed by atoms with E-state index in [0.29, 0.717) is 32.8 Å². The highest BCUT2D eigenvalue weighted by Crippen LogP contribution is 2.38. The monoisotopic (exact) mass is 311 g/mol. The molecule has 2 fully saturated rings. The van der Waals surface area contributed by atoms with Gasteiger partial charge < -0.3 is 20.3 Å². The Balaban J connectivity index is 1.67. The van der Waals surface area contributed by atoms with Gasteiger partial charge in [0.25, 0.3) is 0 Å². The van der Waals surface area contributed by atoms with Crippen LogP contribution < -0.4 is 10.6 Å². The number of amides is 3. The maximum Gasteiger partial charge on any atom is 0.315 e. The Morgan fingerprint density at radius 2 is 1.77 bits per heavy atom. The molecular formula is C16H29N3O3. The lowest BCUT2D eigenvalue weighted by atomic mass is 9.72. The van der Waals surface area contributed by atoms with Crippen LogP contribution in [-0.2, 0) is 9.53 Å². The normalized spacial score (nSPS) is 21.2. The molecule has 2 aliphatic rings. The lowest BCUT2D eigenvalue weighted by Crippen LogP contribution is -2.49. The van der Waals surface area contributed by atoms with E-state index >= 15 is 0 Å². The third-order valence-electron chi connectivity index (χ3n) is 5.05. The maximum atomic E-state index is 12.0. The fourth-order valence-electron chi connectivity index (χ4n) is 3.37. The summed E-state index contributed by atoms with van der Waals surface area (Å²) in [5.74, 6) is -0.0404. The van der Waals surface area contributed by atoms with Gasteiger partial charge in [-0.1, -0.05) is 26.2 Å².